The van der Waals surface area contributed by atoms with Crippen LogP contribution in [0.5, 0.6) is 11.5 Å². The summed E-state index contributed by atoms with van der Waals surface area (Å²) in [4.78, 5) is 11.6. The summed E-state index contributed by atoms with van der Waals surface area (Å²) in [5.41, 5.74) is 3.36. The molecule has 0 radical (unpaired) electrons. The lowest BCUT2D eigenvalue weighted by Crippen LogP contribution is -2.09. The average molecular weight is 468 g/mol. The van der Waals surface area contributed by atoms with E-state index in [1.165, 1.54) is 25.3 Å². The first-order chi connectivity index (χ1) is 16.4. The summed E-state index contributed by atoms with van der Waals surface area (Å²) in [6.45, 7) is 0.387. The standard InChI is InChI=1S/C27H23F3O4/c1-32-26(31)11-17-14-33-25-13-19(5-6-20(17)25)34-24-9-7-21-15(3-8-22(29)27(21)24)10-16-2-4-18(28)12-23(16)30/h2-6,8,12-13,17,24H,7,9-11,14H2,1H3/t17?,24-/m1/s1. The summed E-state index contributed by atoms with van der Waals surface area (Å²) in [5.74, 6) is -0.792. The van der Waals surface area contributed by atoms with Gasteiger partial charge in [0.2, 0.25) is 0 Å². The van der Waals surface area contributed by atoms with Crippen molar-refractivity contribution in [2.75, 3.05) is 13.7 Å². The fourth-order valence-corrected chi connectivity index (χ4v) is 4.85. The van der Waals surface area contributed by atoms with Gasteiger partial charge in [-0.25, -0.2) is 13.2 Å². The molecule has 5 rings (SSSR count). The number of carbonyl (C=O) groups is 1. The van der Waals surface area contributed by atoms with Crippen LogP contribution in [-0.2, 0) is 22.4 Å². The lowest BCUT2D eigenvalue weighted by Gasteiger charge is -2.17. The molecule has 0 spiro atoms. The number of carbonyl (C=O) groups excluding carboxylic acids is 1. The third kappa shape index (κ3) is 4.22. The van der Waals surface area contributed by atoms with Crippen LogP contribution in [-0.4, -0.2) is 19.7 Å². The Bertz CT molecular complexity index is 1260. The Morgan fingerprint density at radius 2 is 1.85 bits per heavy atom. The van der Waals surface area contributed by atoms with Gasteiger partial charge in [-0.2, -0.15) is 0 Å². The number of ether oxygens (including phenoxy) is 3. The molecule has 2 atom stereocenters. The van der Waals surface area contributed by atoms with Gasteiger partial charge in [0.1, 0.15) is 35.1 Å². The maximum absolute atomic E-state index is 14.8. The molecule has 1 unspecified atom stereocenters. The monoisotopic (exact) mass is 468 g/mol. The van der Waals surface area contributed by atoms with Crippen LogP contribution in [0.25, 0.3) is 0 Å². The van der Waals surface area contributed by atoms with Crippen molar-refractivity contribution in [1.82, 2.24) is 0 Å². The first-order valence-corrected chi connectivity index (χ1v) is 11.2. The highest BCUT2D eigenvalue weighted by molar-refractivity contribution is 5.71. The predicted molar refractivity (Wildman–Crippen MR) is 119 cm³/mol. The van der Waals surface area contributed by atoms with E-state index in [-0.39, 0.29) is 30.5 Å². The molecule has 3 aromatic rings. The molecule has 0 bridgehead atoms. The van der Waals surface area contributed by atoms with E-state index in [2.05, 4.69) is 0 Å². The summed E-state index contributed by atoms with van der Waals surface area (Å²) in [7, 11) is 1.36. The SMILES string of the molecule is COC(=O)CC1COc2cc(O[C@@H]3CCc4c(Cc5ccc(F)cc5F)ccc(F)c43)ccc21. The van der Waals surface area contributed by atoms with Crippen LogP contribution in [0.3, 0.4) is 0 Å². The summed E-state index contributed by atoms with van der Waals surface area (Å²) < 4.78 is 58.9. The number of esters is 1. The van der Waals surface area contributed by atoms with Gasteiger partial charge in [-0.1, -0.05) is 18.2 Å². The van der Waals surface area contributed by atoms with Gasteiger partial charge < -0.3 is 14.2 Å². The third-order valence-electron chi connectivity index (χ3n) is 6.56. The topological polar surface area (TPSA) is 44.8 Å². The molecule has 0 fully saturated rings. The molecule has 1 aliphatic heterocycles. The maximum atomic E-state index is 14.8. The van der Waals surface area contributed by atoms with Gasteiger partial charge >= 0.3 is 5.97 Å². The van der Waals surface area contributed by atoms with Crippen molar-refractivity contribution in [2.24, 2.45) is 0 Å². The van der Waals surface area contributed by atoms with Gasteiger partial charge in [-0.3, -0.25) is 4.79 Å². The van der Waals surface area contributed by atoms with Crippen molar-refractivity contribution in [3.63, 3.8) is 0 Å². The maximum Gasteiger partial charge on any atom is 0.306 e. The number of fused-ring (bicyclic) bond motifs is 2. The van der Waals surface area contributed by atoms with E-state index < -0.39 is 17.7 Å². The van der Waals surface area contributed by atoms with E-state index in [1.54, 1.807) is 18.2 Å². The van der Waals surface area contributed by atoms with Gasteiger partial charge in [-0.05, 0) is 47.7 Å². The number of methoxy groups -OCH3 is 1. The first kappa shape index (κ1) is 22.3. The Hall–Kier alpha value is -3.48. The molecule has 0 saturated carbocycles. The summed E-state index contributed by atoms with van der Waals surface area (Å²) in [6.07, 6.45) is 1.17. The van der Waals surface area contributed by atoms with Gasteiger partial charge in [0.15, 0.2) is 0 Å². The zero-order valence-electron chi connectivity index (χ0n) is 18.6. The second-order valence-corrected chi connectivity index (χ2v) is 8.64. The minimum Gasteiger partial charge on any atom is -0.492 e. The molecule has 1 aliphatic carbocycles. The van der Waals surface area contributed by atoms with E-state index in [1.807, 2.05) is 6.07 Å². The number of halogens is 3. The van der Waals surface area contributed by atoms with Crippen molar-refractivity contribution in [3.05, 3.63) is 93.8 Å². The first-order valence-electron chi connectivity index (χ1n) is 11.2. The Morgan fingerprint density at radius 1 is 1.03 bits per heavy atom. The zero-order valence-corrected chi connectivity index (χ0v) is 18.6. The molecule has 7 heteroatoms. The van der Waals surface area contributed by atoms with Gasteiger partial charge in [0.05, 0.1) is 20.1 Å². The molecule has 1 heterocycles. The van der Waals surface area contributed by atoms with Crippen LogP contribution in [0.4, 0.5) is 13.2 Å². The van der Waals surface area contributed by atoms with Crippen LogP contribution in [0, 0.1) is 17.5 Å². The van der Waals surface area contributed by atoms with E-state index in [0.29, 0.717) is 42.1 Å². The molecule has 0 aromatic heterocycles. The van der Waals surface area contributed by atoms with Crippen molar-refractivity contribution >= 4 is 5.97 Å². The summed E-state index contributed by atoms with van der Waals surface area (Å²) in [6, 6.07) is 12.0. The van der Waals surface area contributed by atoms with E-state index in [0.717, 1.165) is 22.8 Å². The van der Waals surface area contributed by atoms with E-state index >= 15 is 0 Å². The average Bonchev–Trinajstić information content (AvgIpc) is 3.42. The Balaban J connectivity index is 1.36. The number of benzene rings is 3. The van der Waals surface area contributed by atoms with Crippen LogP contribution in [0.15, 0.2) is 48.5 Å². The fourth-order valence-electron chi connectivity index (χ4n) is 4.85. The Morgan fingerprint density at radius 3 is 2.65 bits per heavy atom. The molecule has 0 saturated heterocycles. The van der Waals surface area contributed by atoms with Crippen LogP contribution in [0.1, 0.15) is 52.7 Å². The van der Waals surface area contributed by atoms with Crippen molar-refractivity contribution in [3.8, 4) is 11.5 Å². The minimum atomic E-state index is -0.631. The number of hydrogen-bond donors (Lipinski definition) is 0. The van der Waals surface area contributed by atoms with Crippen LogP contribution >= 0.6 is 0 Å². The van der Waals surface area contributed by atoms with Crippen molar-refractivity contribution < 1.29 is 32.2 Å². The van der Waals surface area contributed by atoms with Crippen molar-refractivity contribution in [2.45, 2.75) is 37.7 Å². The quantitative estimate of drug-likeness (QED) is 0.429. The highest BCUT2D eigenvalue weighted by atomic mass is 19.1. The molecule has 4 nitrogen and oxygen atoms in total. The highest BCUT2D eigenvalue weighted by Gasteiger charge is 2.31. The molecule has 34 heavy (non-hydrogen) atoms. The van der Waals surface area contributed by atoms with Gasteiger partial charge in [0, 0.05) is 35.6 Å². The molecule has 176 valence electrons. The molecule has 0 N–H and O–H groups in total. The predicted octanol–water partition coefficient (Wildman–Crippen LogP) is 5.80. The normalized spacial score (nSPS) is 18.2. The highest BCUT2D eigenvalue weighted by Crippen LogP contribution is 2.42. The second-order valence-electron chi connectivity index (χ2n) is 8.64. The van der Waals surface area contributed by atoms with Crippen LogP contribution < -0.4 is 9.47 Å². The Labute approximate surface area is 195 Å². The van der Waals surface area contributed by atoms with E-state index in [9.17, 15) is 18.0 Å². The number of rotatable bonds is 6. The third-order valence-corrected chi connectivity index (χ3v) is 6.56. The van der Waals surface area contributed by atoms with Gasteiger partial charge in [0.25, 0.3) is 0 Å². The summed E-state index contributed by atoms with van der Waals surface area (Å²) in [5, 5.41) is 0. The minimum absolute atomic E-state index is 0.0735. The van der Waals surface area contributed by atoms with Gasteiger partial charge in [-0.15, -0.1) is 0 Å². The molecular formula is C27H23F3O4. The molecule has 2 aliphatic rings. The molecule has 0 amide bonds. The lowest BCUT2D eigenvalue weighted by atomic mass is 9.96. The lowest BCUT2D eigenvalue weighted by molar-refractivity contribution is -0.141. The van der Waals surface area contributed by atoms with Crippen molar-refractivity contribution in [1.29, 1.82) is 0 Å². The fraction of sp³-hybridized carbons (Fsp3) is 0.296. The summed E-state index contributed by atoms with van der Waals surface area (Å²) >= 11 is 0. The smallest absolute Gasteiger partial charge is 0.306 e. The Kier molecular flexibility index (Phi) is 5.94. The molecule has 3 aromatic carbocycles. The largest absolute Gasteiger partial charge is 0.492 e. The van der Waals surface area contributed by atoms with Crippen LogP contribution in [0.2, 0.25) is 0 Å². The number of hydrogen-bond acceptors (Lipinski definition) is 4. The second kappa shape index (κ2) is 9.05. The zero-order chi connectivity index (χ0) is 23.8. The van der Waals surface area contributed by atoms with E-state index in [4.69, 9.17) is 14.2 Å². The molecular weight excluding hydrogens is 445 g/mol.